The molecule has 0 aromatic carbocycles. The van der Waals surface area contributed by atoms with Crippen molar-refractivity contribution in [3.8, 4) is 0 Å². The number of furan rings is 1. The Morgan fingerprint density at radius 2 is 2.00 bits per heavy atom. The summed E-state index contributed by atoms with van der Waals surface area (Å²) in [7, 11) is -4.97. The third-order valence-corrected chi connectivity index (χ3v) is 7.70. The monoisotopic (exact) mass is 572 g/mol. The fraction of sp³-hybridized carbons (Fsp3) is 0.667. The number of ether oxygens (including phenoxy) is 1. The van der Waals surface area contributed by atoms with Gasteiger partial charge in [-0.05, 0) is 43.7 Å². The van der Waals surface area contributed by atoms with Crippen molar-refractivity contribution in [2.45, 2.75) is 76.1 Å². The molecule has 39 heavy (non-hydrogen) atoms. The van der Waals surface area contributed by atoms with E-state index in [0.717, 1.165) is 0 Å². The van der Waals surface area contributed by atoms with Gasteiger partial charge in [0.2, 0.25) is 23.2 Å². The van der Waals surface area contributed by atoms with Crippen molar-refractivity contribution in [3.63, 3.8) is 0 Å². The van der Waals surface area contributed by atoms with Gasteiger partial charge in [0.25, 0.3) is 10.1 Å². The van der Waals surface area contributed by atoms with Crippen LogP contribution in [0.4, 0.5) is 4.79 Å². The minimum atomic E-state index is -4.97. The van der Waals surface area contributed by atoms with Crippen molar-refractivity contribution >= 4 is 33.9 Å². The van der Waals surface area contributed by atoms with E-state index >= 15 is 0 Å². The van der Waals surface area contributed by atoms with Crippen LogP contribution in [-0.4, -0.2) is 83.5 Å². The van der Waals surface area contributed by atoms with Crippen molar-refractivity contribution in [2.24, 2.45) is 11.8 Å². The summed E-state index contributed by atoms with van der Waals surface area (Å²) in [6, 6.07) is 0.384. The fourth-order valence-electron chi connectivity index (χ4n) is 4.73. The van der Waals surface area contributed by atoms with Gasteiger partial charge in [-0.2, -0.15) is 8.42 Å². The van der Waals surface area contributed by atoms with E-state index in [0.29, 0.717) is 31.6 Å². The zero-order valence-corrected chi connectivity index (χ0v) is 22.7. The van der Waals surface area contributed by atoms with Crippen LogP contribution in [0.25, 0.3) is 0 Å². The predicted octanol–water partition coefficient (Wildman–Crippen LogP) is 0.129. The summed E-state index contributed by atoms with van der Waals surface area (Å²) in [6.45, 7) is 4.08. The summed E-state index contributed by atoms with van der Waals surface area (Å²) in [6.07, 6.45) is 1.62. The van der Waals surface area contributed by atoms with Crippen LogP contribution >= 0.6 is 0 Å². The van der Waals surface area contributed by atoms with Gasteiger partial charge in [0.15, 0.2) is 0 Å². The van der Waals surface area contributed by atoms with Gasteiger partial charge in [0.05, 0.1) is 24.9 Å². The standard InChI is InChI=1S/C24H36N4O10S/c1-14(2)10-18(22(31)26-19(23(32)39(34,35)36)11-15-7-8-25-21(15)30)27-24(33)38-13-16-5-6-20(29)28(16)12-17-4-3-9-37-17/h3-4,9,14-16,18-19,23,32H,5-8,10-13H2,1-2H3,(H,25,30)(H,26,31)(H,27,33)(H,34,35,36)/t15-,16-,18-,19-,23?/m0/s1. The molecule has 14 nitrogen and oxygen atoms in total. The molecule has 0 aliphatic carbocycles. The van der Waals surface area contributed by atoms with E-state index in [2.05, 4.69) is 16.0 Å². The molecule has 2 aliphatic heterocycles. The second-order valence-corrected chi connectivity index (χ2v) is 11.8. The molecular weight excluding hydrogens is 536 g/mol. The largest absolute Gasteiger partial charge is 0.467 e. The van der Waals surface area contributed by atoms with Crippen molar-refractivity contribution < 1.29 is 46.4 Å². The fourth-order valence-corrected chi connectivity index (χ4v) is 5.32. The van der Waals surface area contributed by atoms with Gasteiger partial charge in [-0.3, -0.25) is 18.9 Å². The molecule has 3 heterocycles. The van der Waals surface area contributed by atoms with Crippen molar-refractivity contribution in [3.05, 3.63) is 24.2 Å². The highest BCUT2D eigenvalue weighted by molar-refractivity contribution is 7.86. The highest BCUT2D eigenvalue weighted by Gasteiger charge is 2.38. The summed E-state index contributed by atoms with van der Waals surface area (Å²) in [5.41, 5.74) is -2.37. The first kappa shape index (κ1) is 30.4. The molecular formula is C24H36N4O10S. The molecule has 1 unspecified atom stereocenters. The lowest BCUT2D eigenvalue weighted by molar-refractivity contribution is -0.130. The second kappa shape index (κ2) is 13.3. The lowest BCUT2D eigenvalue weighted by atomic mass is 9.97. The second-order valence-electron chi connectivity index (χ2n) is 10.3. The van der Waals surface area contributed by atoms with Crippen molar-refractivity contribution in [2.75, 3.05) is 13.2 Å². The highest BCUT2D eigenvalue weighted by Crippen LogP contribution is 2.23. The van der Waals surface area contributed by atoms with Crippen LogP contribution in [0.2, 0.25) is 0 Å². The molecule has 2 saturated heterocycles. The zero-order valence-electron chi connectivity index (χ0n) is 21.9. The third-order valence-electron chi connectivity index (χ3n) is 6.76. The van der Waals surface area contributed by atoms with Gasteiger partial charge in [-0.25, -0.2) is 4.79 Å². The molecule has 1 aromatic rings. The maximum Gasteiger partial charge on any atom is 0.407 e. The zero-order chi connectivity index (χ0) is 28.7. The smallest absolute Gasteiger partial charge is 0.407 e. The first-order chi connectivity index (χ1) is 18.3. The van der Waals surface area contributed by atoms with E-state index in [9.17, 15) is 37.3 Å². The highest BCUT2D eigenvalue weighted by atomic mass is 32.2. The average Bonchev–Trinajstić information content (AvgIpc) is 3.59. The quantitative estimate of drug-likeness (QED) is 0.202. The Bertz CT molecular complexity index is 1120. The molecule has 2 aliphatic rings. The Hall–Kier alpha value is -3.17. The van der Waals surface area contributed by atoms with Crippen LogP contribution in [0, 0.1) is 11.8 Å². The lowest BCUT2D eigenvalue weighted by Gasteiger charge is -2.28. The van der Waals surface area contributed by atoms with E-state index in [4.69, 9.17) is 9.15 Å². The number of likely N-dealkylation sites (tertiary alicyclic amines) is 1. The van der Waals surface area contributed by atoms with E-state index in [1.165, 1.54) is 6.26 Å². The molecule has 2 fully saturated rings. The van der Waals surface area contributed by atoms with Crippen LogP contribution in [0.15, 0.2) is 22.8 Å². The Morgan fingerprint density at radius 3 is 2.59 bits per heavy atom. The molecule has 218 valence electrons. The van der Waals surface area contributed by atoms with Crippen LogP contribution in [0.3, 0.4) is 0 Å². The number of aliphatic hydroxyl groups excluding tert-OH is 1. The molecule has 4 amide bonds. The summed E-state index contributed by atoms with van der Waals surface area (Å²) < 4.78 is 43.3. The maximum absolute atomic E-state index is 13.1. The number of amides is 4. The molecule has 0 bridgehead atoms. The molecule has 0 saturated carbocycles. The number of carbonyl (C=O) groups excluding carboxylic acids is 4. The molecule has 3 rings (SSSR count). The van der Waals surface area contributed by atoms with Gasteiger partial charge in [-0.1, -0.05) is 13.8 Å². The van der Waals surface area contributed by atoms with Gasteiger partial charge in [0.1, 0.15) is 18.4 Å². The number of carbonyl (C=O) groups is 4. The summed E-state index contributed by atoms with van der Waals surface area (Å²) >= 11 is 0. The predicted molar refractivity (Wildman–Crippen MR) is 135 cm³/mol. The Labute approximate surface area is 226 Å². The van der Waals surface area contributed by atoms with Crippen LogP contribution in [0.5, 0.6) is 0 Å². The number of aliphatic hydroxyl groups is 1. The van der Waals surface area contributed by atoms with Crippen LogP contribution in [0.1, 0.15) is 51.7 Å². The minimum absolute atomic E-state index is 0.0807. The molecule has 0 spiro atoms. The molecule has 5 atom stereocenters. The number of hydrogen-bond donors (Lipinski definition) is 5. The Balaban J connectivity index is 1.62. The SMILES string of the molecule is CC(C)C[C@H](NC(=O)OC[C@@H]1CCC(=O)N1Cc1ccco1)C(=O)N[C@@H](C[C@@H]1CCNC1=O)C(O)S(=O)(=O)O. The van der Waals surface area contributed by atoms with Crippen LogP contribution in [-0.2, 0) is 35.8 Å². The van der Waals surface area contributed by atoms with Gasteiger partial charge >= 0.3 is 6.09 Å². The Morgan fingerprint density at radius 1 is 1.26 bits per heavy atom. The summed E-state index contributed by atoms with van der Waals surface area (Å²) in [4.78, 5) is 51.6. The maximum atomic E-state index is 13.1. The molecule has 15 heteroatoms. The normalized spacial score (nSPS) is 21.9. The van der Waals surface area contributed by atoms with E-state index in [1.807, 2.05) is 0 Å². The van der Waals surface area contributed by atoms with E-state index in [1.54, 1.807) is 30.9 Å². The first-order valence-electron chi connectivity index (χ1n) is 12.8. The number of hydrogen-bond acceptors (Lipinski definition) is 9. The number of nitrogens with one attached hydrogen (secondary N) is 3. The first-order valence-corrected chi connectivity index (χ1v) is 14.3. The minimum Gasteiger partial charge on any atom is -0.467 e. The molecule has 5 N–H and O–H groups in total. The van der Waals surface area contributed by atoms with Crippen LogP contribution < -0.4 is 16.0 Å². The average molecular weight is 573 g/mol. The van der Waals surface area contributed by atoms with E-state index in [-0.39, 0.29) is 49.8 Å². The van der Waals surface area contributed by atoms with E-state index < -0.39 is 45.6 Å². The number of alkyl carbamates (subject to hydrolysis) is 1. The topological polar surface area (TPSA) is 205 Å². The van der Waals surface area contributed by atoms with Gasteiger partial charge < -0.3 is 35.1 Å². The number of rotatable bonds is 13. The third kappa shape index (κ3) is 8.66. The van der Waals surface area contributed by atoms with Gasteiger partial charge in [0, 0.05) is 18.9 Å². The number of nitrogens with zero attached hydrogens (tertiary/aromatic N) is 1. The summed E-state index contributed by atoms with van der Waals surface area (Å²) in [5.74, 6) is -1.44. The van der Waals surface area contributed by atoms with Gasteiger partial charge in [-0.15, -0.1) is 0 Å². The lowest BCUT2D eigenvalue weighted by Crippen LogP contribution is -2.55. The van der Waals surface area contributed by atoms with Crippen molar-refractivity contribution in [1.29, 1.82) is 0 Å². The van der Waals surface area contributed by atoms with Crippen molar-refractivity contribution in [1.82, 2.24) is 20.9 Å². The molecule has 0 radical (unpaired) electrons. The Kier molecular flexibility index (Phi) is 10.3. The molecule has 1 aromatic heterocycles. The summed E-state index contributed by atoms with van der Waals surface area (Å²) in [5, 5.41) is 17.6.